The van der Waals surface area contributed by atoms with Crippen LogP contribution < -0.4 is 10.6 Å². The molecule has 116 valence electrons. The van der Waals surface area contributed by atoms with Crippen molar-refractivity contribution in [1.29, 1.82) is 0 Å². The van der Waals surface area contributed by atoms with E-state index in [0.29, 0.717) is 5.76 Å². The Balaban J connectivity index is 1.70. The van der Waals surface area contributed by atoms with Crippen molar-refractivity contribution in [3.05, 3.63) is 54.2 Å². The Hall–Kier alpha value is -2.83. The molecule has 0 aliphatic heterocycles. The van der Waals surface area contributed by atoms with Gasteiger partial charge in [-0.25, -0.2) is 9.78 Å². The van der Waals surface area contributed by atoms with Crippen LogP contribution in [-0.2, 0) is 22.7 Å². The van der Waals surface area contributed by atoms with E-state index in [1.807, 2.05) is 30.3 Å². The summed E-state index contributed by atoms with van der Waals surface area (Å²) < 4.78 is 10.0. The molecule has 0 unspecified atom stereocenters. The van der Waals surface area contributed by atoms with Gasteiger partial charge in [0.2, 0.25) is 5.91 Å². The number of nitrogens with one attached hydrogen (secondary N) is 2. The van der Waals surface area contributed by atoms with Crippen LogP contribution in [0, 0.1) is 0 Å². The molecule has 0 fully saturated rings. The summed E-state index contributed by atoms with van der Waals surface area (Å²) in [6.07, 6.45) is 2.14. The number of alkyl carbamates (subject to hydrolysis) is 1. The molecule has 1 aromatic heterocycles. The minimum atomic E-state index is -0.716. The van der Waals surface area contributed by atoms with E-state index >= 15 is 0 Å². The first-order valence-corrected chi connectivity index (χ1v) is 6.77. The van der Waals surface area contributed by atoms with Crippen molar-refractivity contribution in [1.82, 2.24) is 15.6 Å². The maximum Gasteiger partial charge on any atom is 0.408 e. The highest BCUT2D eigenvalue weighted by molar-refractivity contribution is 5.85. The fraction of sp³-hybridized carbons (Fsp3) is 0.267. The number of hydrogen-bond acceptors (Lipinski definition) is 5. The number of aromatic nitrogens is 1. The van der Waals surface area contributed by atoms with E-state index in [0.717, 1.165) is 5.56 Å². The normalized spacial score (nSPS) is 11.5. The Morgan fingerprint density at radius 3 is 2.77 bits per heavy atom. The third kappa shape index (κ3) is 4.93. The van der Waals surface area contributed by atoms with Crippen LogP contribution in [0.2, 0.25) is 0 Å². The molecule has 0 saturated heterocycles. The van der Waals surface area contributed by atoms with Gasteiger partial charge in [0, 0.05) is 0 Å². The summed E-state index contributed by atoms with van der Waals surface area (Å²) >= 11 is 0. The van der Waals surface area contributed by atoms with Crippen LogP contribution in [0.15, 0.2) is 47.3 Å². The van der Waals surface area contributed by atoms with E-state index in [4.69, 9.17) is 9.15 Å². The SMILES string of the molecule is C[C@@H](NC(=O)OCc1ccccc1)C(=O)NCc1cnco1. The molecule has 0 aliphatic rings. The molecule has 2 amide bonds. The number of ether oxygens (including phenoxy) is 1. The number of benzene rings is 1. The van der Waals surface area contributed by atoms with Gasteiger partial charge >= 0.3 is 6.09 Å². The fourth-order valence-electron chi connectivity index (χ4n) is 1.66. The zero-order valence-electron chi connectivity index (χ0n) is 12.1. The van der Waals surface area contributed by atoms with E-state index in [1.165, 1.54) is 12.6 Å². The van der Waals surface area contributed by atoms with Crippen molar-refractivity contribution < 1.29 is 18.7 Å². The van der Waals surface area contributed by atoms with Crippen molar-refractivity contribution in [3.8, 4) is 0 Å². The molecule has 1 heterocycles. The highest BCUT2D eigenvalue weighted by atomic mass is 16.5. The molecule has 1 atom stereocenters. The van der Waals surface area contributed by atoms with Gasteiger partial charge in [0.1, 0.15) is 18.4 Å². The molecule has 0 radical (unpaired) electrons. The highest BCUT2D eigenvalue weighted by Crippen LogP contribution is 2.01. The average Bonchev–Trinajstić information content (AvgIpc) is 3.05. The fourth-order valence-corrected chi connectivity index (χ4v) is 1.66. The molecule has 2 aromatic rings. The lowest BCUT2D eigenvalue weighted by Crippen LogP contribution is -2.44. The second-order valence-electron chi connectivity index (χ2n) is 4.61. The Labute approximate surface area is 127 Å². The number of carbonyl (C=O) groups excluding carboxylic acids is 2. The third-order valence-electron chi connectivity index (χ3n) is 2.86. The Morgan fingerprint density at radius 2 is 2.09 bits per heavy atom. The van der Waals surface area contributed by atoms with Gasteiger partial charge in [-0.3, -0.25) is 4.79 Å². The second kappa shape index (κ2) is 7.82. The molecule has 0 bridgehead atoms. The lowest BCUT2D eigenvalue weighted by molar-refractivity contribution is -0.122. The predicted molar refractivity (Wildman–Crippen MR) is 77.6 cm³/mol. The lowest BCUT2D eigenvalue weighted by atomic mass is 10.2. The largest absolute Gasteiger partial charge is 0.447 e. The molecule has 0 spiro atoms. The van der Waals surface area contributed by atoms with Crippen LogP contribution >= 0.6 is 0 Å². The Morgan fingerprint density at radius 1 is 1.32 bits per heavy atom. The topological polar surface area (TPSA) is 93.5 Å². The molecule has 1 aromatic carbocycles. The molecular formula is C15H17N3O4. The number of amides is 2. The molecular weight excluding hydrogens is 286 g/mol. The Kier molecular flexibility index (Phi) is 5.53. The molecule has 2 N–H and O–H groups in total. The summed E-state index contributed by atoms with van der Waals surface area (Å²) in [6.45, 7) is 1.93. The van der Waals surface area contributed by atoms with E-state index in [9.17, 15) is 9.59 Å². The molecule has 0 saturated carbocycles. The predicted octanol–water partition coefficient (Wildman–Crippen LogP) is 1.61. The van der Waals surface area contributed by atoms with Gasteiger partial charge in [-0.1, -0.05) is 30.3 Å². The van der Waals surface area contributed by atoms with Crippen molar-refractivity contribution in [2.24, 2.45) is 0 Å². The zero-order valence-corrected chi connectivity index (χ0v) is 12.1. The lowest BCUT2D eigenvalue weighted by Gasteiger charge is -2.13. The summed E-state index contributed by atoms with van der Waals surface area (Å²) in [5.74, 6) is 0.195. The van der Waals surface area contributed by atoms with Crippen LogP contribution in [0.5, 0.6) is 0 Å². The summed E-state index contributed by atoms with van der Waals surface area (Å²) in [5.41, 5.74) is 0.875. The average molecular weight is 303 g/mol. The number of oxazole rings is 1. The first-order chi connectivity index (χ1) is 10.6. The number of carbonyl (C=O) groups is 2. The molecule has 7 nitrogen and oxygen atoms in total. The summed E-state index contributed by atoms with van der Waals surface area (Å²) in [5, 5.41) is 5.08. The maximum atomic E-state index is 11.8. The van der Waals surface area contributed by atoms with Crippen molar-refractivity contribution in [3.63, 3.8) is 0 Å². The van der Waals surface area contributed by atoms with Gasteiger partial charge in [0.25, 0.3) is 0 Å². The maximum absolute atomic E-state index is 11.8. The van der Waals surface area contributed by atoms with E-state index < -0.39 is 12.1 Å². The van der Waals surface area contributed by atoms with E-state index in [-0.39, 0.29) is 19.1 Å². The summed E-state index contributed by atoms with van der Waals surface area (Å²) in [6, 6.07) is 8.57. The van der Waals surface area contributed by atoms with Gasteiger partial charge < -0.3 is 19.8 Å². The van der Waals surface area contributed by atoms with Gasteiger partial charge in [-0.05, 0) is 12.5 Å². The van der Waals surface area contributed by atoms with Crippen LogP contribution in [-0.4, -0.2) is 23.0 Å². The van der Waals surface area contributed by atoms with Crippen molar-refractivity contribution in [2.45, 2.75) is 26.1 Å². The molecule has 7 heteroatoms. The highest BCUT2D eigenvalue weighted by Gasteiger charge is 2.16. The van der Waals surface area contributed by atoms with E-state index in [2.05, 4.69) is 15.6 Å². The van der Waals surface area contributed by atoms with Gasteiger partial charge in [0.05, 0.1) is 12.7 Å². The summed E-state index contributed by atoms with van der Waals surface area (Å²) in [7, 11) is 0. The quantitative estimate of drug-likeness (QED) is 0.845. The number of hydrogen-bond donors (Lipinski definition) is 2. The van der Waals surface area contributed by atoms with Crippen LogP contribution in [0.3, 0.4) is 0 Å². The number of nitrogens with zero attached hydrogens (tertiary/aromatic N) is 1. The first kappa shape index (κ1) is 15.6. The van der Waals surface area contributed by atoms with E-state index in [1.54, 1.807) is 6.92 Å². The zero-order chi connectivity index (χ0) is 15.8. The number of rotatable bonds is 6. The van der Waals surface area contributed by atoms with Crippen LogP contribution in [0.25, 0.3) is 0 Å². The molecule has 22 heavy (non-hydrogen) atoms. The minimum absolute atomic E-state index is 0.152. The van der Waals surface area contributed by atoms with Crippen LogP contribution in [0.4, 0.5) is 4.79 Å². The second-order valence-corrected chi connectivity index (χ2v) is 4.61. The standard InChI is InChI=1S/C15H17N3O4/c1-11(14(19)17-8-13-7-16-10-22-13)18-15(20)21-9-12-5-3-2-4-6-12/h2-7,10-11H,8-9H2,1H3,(H,17,19)(H,18,20)/t11-/m1/s1. The van der Waals surface area contributed by atoms with Crippen LogP contribution in [0.1, 0.15) is 18.2 Å². The molecule has 2 rings (SSSR count). The Bertz CT molecular complexity index is 599. The smallest absolute Gasteiger partial charge is 0.408 e. The first-order valence-electron chi connectivity index (χ1n) is 6.77. The van der Waals surface area contributed by atoms with Gasteiger partial charge in [-0.15, -0.1) is 0 Å². The van der Waals surface area contributed by atoms with Crippen molar-refractivity contribution >= 4 is 12.0 Å². The van der Waals surface area contributed by atoms with Gasteiger partial charge in [0.15, 0.2) is 6.39 Å². The third-order valence-corrected chi connectivity index (χ3v) is 2.86. The van der Waals surface area contributed by atoms with Gasteiger partial charge in [-0.2, -0.15) is 0 Å². The monoisotopic (exact) mass is 303 g/mol. The van der Waals surface area contributed by atoms with Crippen molar-refractivity contribution in [2.75, 3.05) is 0 Å². The molecule has 0 aliphatic carbocycles. The minimum Gasteiger partial charge on any atom is -0.447 e. The summed E-state index contributed by atoms with van der Waals surface area (Å²) in [4.78, 5) is 27.2.